The van der Waals surface area contributed by atoms with E-state index in [-0.39, 0.29) is 6.61 Å². The van der Waals surface area contributed by atoms with Gasteiger partial charge < -0.3 is 15.4 Å². The average molecular weight is 270 g/mol. The van der Waals surface area contributed by atoms with Crippen molar-refractivity contribution in [2.45, 2.75) is 12.5 Å². The van der Waals surface area contributed by atoms with Gasteiger partial charge in [-0.2, -0.15) is 4.98 Å². The van der Waals surface area contributed by atoms with Gasteiger partial charge in [-0.25, -0.2) is 4.98 Å². The lowest BCUT2D eigenvalue weighted by molar-refractivity contribution is 0.259. The molecule has 6 nitrogen and oxygen atoms in total. The normalized spacial score (nSPS) is 12.7. The first kappa shape index (κ1) is 12.7. The molecule has 0 aliphatic rings. The third-order valence-electron chi connectivity index (χ3n) is 3.03. The van der Waals surface area contributed by atoms with E-state index in [0.717, 1.165) is 10.9 Å². The van der Waals surface area contributed by atoms with E-state index in [0.29, 0.717) is 23.8 Å². The number of nitrogens with two attached hydrogens (primary N) is 1. The number of benzene rings is 1. The summed E-state index contributed by atoms with van der Waals surface area (Å²) in [5.41, 5.74) is 7.32. The number of pyridine rings is 1. The molecule has 1 aromatic carbocycles. The molecule has 3 N–H and O–H groups in total. The molecule has 0 saturated heterocycles. The molecule has 20 heavy (non-hydrogen) atoms. The van der Waals surface area contributed by atoms with Crippen LogP contribution in [0.25, 0.3) is 22.4 Å². The maximum absolute atomic E-state index is 8.86. The molecule has 0 radical (unpaired) electrons. The zero-order valence-corrected chi connectivity index (χ0v) is 10.7. The first-order valence-electron chi connectivity index (χ1n) is 6.34. The number of aliphatic hydroxyl groups excluding tert-OH is 1. The summed E-state index contributed by atoms with van der Waals surface area (Å²) in [6.45, 7) is -0.0207. The maximum atomic E-state index is 8.86. The summed E-state index contributed by atoms with van der Waals surface area (Å²) < 4.78 is 5.11. The Balaban J connectivity index is 1.94. The monoisotopic (exact) mass is 270 g/mol. The summed E-state index contributed by atoms with van der Waals surface area (Å²) in [4.78, 5) is 8.72. The Kier molecular flexibility index (Phi) is 3.41. The number of hydrogen-bond donors (Lipinski definition) is 2. The van der Waals surface area contributed by atoms with Gasteiger partial charge in [-0.3, -0.25) is 0 Å². The standard InChI is InChI=1S/C14H14N4O2/c15-10(7-8-19)14-17-13(18-20-14)12-6-5-9-3-1-2-4-11(9)16-12/h1-6,10,19H,7-8,15H2. The lowest BCUT2D eigenvalue weighted by Crippen LogP contribution is -2.12. The van der Waals surface area contributed by atoms with Crippen molar-refractivity contribution in [3.63, 3.8) is 0 Å². The fourth-order valence-corrected chi connectivity index (χ4v) is 1.94. The van der Waals surface area contributed by atoms with Gasteiger partial charge in [0.15, 0.2) is 0 Å². The third kappa shape index (κ3) is 2.38. The van der Waals surface area contributed by atoms with Crippen molar-refractivity contribution in [2.75, 3.05) is 6.61 Å². The molecule has 102 valence electrons. The van der Waals surface area contributed by atoms with Crippen molar-refractivity contribution in [3.8, 4) is 11.5 Å². The zero-order chi connectivity index (χ0) is 13.9. The van der Waals surface area contributed by atoms with Gasteiger partial charge in [-0.15, -0.1) is 0 Å². The first-order chi connectivity index (χ1) is 9.78. The highest BCUT2D eigenvalue weighted by molar-refractivity contribution is 5.80. The van der Waals surface area contributed by atoms with Gasteiger partial charge in [0.2, 0.25) is 11.7 Å². The number of hydrogen-bond acceptors (Lipinski definition) is 6. The summed E-state index contributed by atoms with van der Waals surface area (Å²) in [7, 11) is 0. The Hall–Kier alpha value is -2.31. The molecule has 3 aromatic rings. The zero-order valence-electron chi connectivity index (χ0n) is 10.7. The van der Waals surface area contributed by atoms with E-state index < -0.39 is 6.04 Å². The lowest BCUT2D eigenvalue weighted by atomic mass is 10.2. The fraction of sp³-hybridized carbons (Fsp3) is 0.214. The predicted molar refractivity (Wildman–Crippen MR) is 73.7 cm³/mol. The highest BCUT2D eigenvalue weighted by atomic mass is 16.5. The van der Waals surface area contributed by atoms with Crippen molar-refractivity contribution >= 4 is 10.9 Å². The summed E-state index contributed by atoms with van der Waals surface area (Å²) in [6, 6.07) is 11.2. The molecule has 1 atom stereocenters. The summed E-state index contributed by atoms with van der Waals surface area (Å²) >= 11 is 0. The number of aromatic nitrogens is 3. The molecule has 1 unspecified atom stereocenters. The Morgan fingerprint density at radius 3 is 2.85 bits per heavy atom. The number of para-hydroxylation sites is 1. The van der Waals surface area contributed by atoms with Crippen LogP contribution in [0.15, 0.2) is 40.9 Å². The largest absolute Gasteiger partial charge is 0.396 e. The van der Waals surface area contributed by atoms with E-state index in [1.165, 1.54) is 0 Å². The fourth-order valence-electron chi connectivity index (χ4n) is 1.94. The second-order valence-corrected chi connectivity index (χ2v) is 4.46. The topological polar surface area (TPSA) is 98.1 Å². The average Bonchev–Trinajstić information content (AvgIpc) is 2.97. The smallest absolute Gasteiger partial charge is 0.244 e. The molecule has 0 saturated carbocycles. The Bertz CT molecular complexity index is 726. The quantitative estimate of drug-likeness (QED) is 0.748. The van der Waals surface area contributed by atoms with Gasteiger partial charge >= 0.3 is 0 Å². The van der Waals surface area contributed by atoms with Gasteiger partial charge in [0, 0.05) is 12.0 Å². The van der Waals surface area contributed by atoms with E-state index in [9.17, 15) is 0 Å². The van der Waals surface area contributed by atoms with Crippen molar-refractivity contribution in [3.05, 3.63) is 42.3 Å². The van der Waals surface area contributed by atoms with E-state index in [1.54, 1.807) is 0 Å². The van der Waals surface area contributed by atoms with Crippen LogP contribution in [0.3, 0.4) is 0 Å². The third-order valence-corrected chi connectivity index (χ3v) is 3.03. The van der Waals surface area contributed by atoms with Crippen molar-refractivity contribution < 1.29 is 9.63 Å². The maximum Gasteiger partial charge on any atom is 0.244 e. The minimum Gasteiger partial charge on any atom is -0.396 e. The van der Waals surface area contributed by atoms with Crippen LogP contribution >= 0.6 is 0 Å². The van der Waals surface area contributed by atoms with Crippen LogP contribution in [-0.2, 0) is 0 Å². The van der Waals surface area contributed by atoms with Gasteiger partial charge in [-0.05, 0) is 18.6 Å². The van der Waals surface area contributed by atoms with Crippen molar-refractivity contribution in [1.29, 1.82) is 0 Å². The van der Waals surface area contributed by atoms with Crippen LogP contribution in [0.2, 0.25) is 0 Å². The molecule has 0 aliphatic heterocycles. The highest BCUT2D eigenvalue weighted by Gasteiger charge is 2.16. The number of fused-ring (bicyclic) bond motifs is 1. The SMILES string of the molecule is NC(CCO)c1nc(-c2ccc3ccccc3n2)no1. The molecule has 3 rings (SSSR count). The second kappa shape index (κ2) is 5.36. The summed E-state index contributed by atoms with van der Waals surface area (Å²) in [5.74, 6) is 0.711. The van der Waals surface area contributed by atoms with E-state index >= 15 is 0 Å². The second-order valence-electron chi connectivity index (χ2n) is 4.46. The molecular weight excluding hydrogens is 256 g/mol. The Labute approximate surface area is 115 Å². The first-order valence-corrected chi connectivity index (χ1v) is 6.34. The Morgan fingerprint density at radius 2 is 2.00 bits per heavy atom. The molecule has 2 aromatic heterocycles. The van der Waals surface area contributed by atoms with Crippen molar-refractivity contribution in [2.24, 2.45) is 5.73 Å². The van der Waals surface area contributed by atoms with Crippen molar-refractivity contribution in [1.82, 2.24) is 15.1 Å². The van der Waals surface area contributed by atoms with Crippen LogP contribution in [0.5, 0.6) is 0 Å². The molecule has 0 spiro atoms. The molecule has 0 bridgehead atoms. The molecule has 0 amide bonds. The molecule has 0 aliphatic carbocycles. The summed E-state index contributed by atoms with van der Waals surface area (Å²) in [5, 5.41) is 13.8. The Morgan fingerprint density at radius 1 is 1.15 bits per heavy atom. The minimum atomic E-state index is -0.457. The van der Waals surface area contributed by atoms with E-state index in [1.807, 2.05) is 36.4 Å². The van der Waals surface area contributed by atoms with Crippen LogP contribution in [0.1, 0.15) is 18.4 Å². The number of rotatable bonds is 4. The van der Waals surface area contributed by atoms with E-state index in [2.05, 4.69) is 15.1 Å². The summed E-state index contributed by atoms with van der Waals surface area (Å²) in [6.07, 6.45) is 0.382. The van der Waals surface area contributed by atoms with Gasteiger partial charge in [0.05, 0.1) is 11.6 Å². The van der Waals surface area contributed by atoms with Gasteiger partial charge in [0.1, 0.15) is 5.69 Å². The van der Waals surface area contributed by atoms with Gasteiger partial charge in [-0.1, -0.05) is 29.4 Å². The van der Waals surface area contributed by atoms with Gasteiger partial charge in [0.25, 0.3) is 0 Å². The molecule has 2 heterocycles. The predicted octanol–water partition coefficient (Wildman–Crippen LogP) is 1.67. The number of nitrogens with zero attached hydrogens (tertiary/aromatic N) is 3. The lowest BCUT2D eigenvalue weighted by Gasteiger charge is -2.01. The molecule has 0 fully saturated rings. The minimum absolute atomic E-state index is 0.0207. The van der Waals surface area contributed by atoms with E-state index in [4.69, 9.17) is 15.4 Å². The molecule has 6 heteroatoms. The van der Waals surface area contributed by atoms with Crippen LogP contribution in [-0.4, -0.2) is 26.8 Å². The van der Waals surface area contributed by atoms with Crippen LogP contribution < -0.4 is 5.73 Å². The van der Waals surface area contributed by atoms with Crippen LogP contribution in [0, 0.1) is 0 Å². The highest BCUT2D eigenvalue weighted by Crippen LogP contribution is 2.20. The van der Waals surface area contributed by atoms with Crippen LogP contribution in [0.4, 0.5) is 0 Å². The molecular formula is C14H14N4O2. The number of aliphatic hydroxyl groups is 1.